The summed E-state index contributed by atoms with van der Waals surface area (Å²) in [7, 11) is -3.74. The molecule has 1 heterocycles. The number of benzene rings is 1. The van der Waals surface area contributed by atoms with Crippen LogP contribution >= 0.6 is 0 Å². The van der Waals surface area contributed by atoms with Crippen molar-refractivity contribution in [2.45, 2.75) is 5.92 Å². The van der Waals surface area contributed by atoms with Gasteiger partial charge in [0.25, 0.3) is 0 Å². The van der Waals surface area contributed by atoms with Crippen LogP contribution in [0.3, 0.4) is 0 Å². The Labute approximate surface area is 115 Å². The summed E-state index contributed by atoms with van der Waals surface area (Å²) < 4.78 is 22.7. The average Bonchev–Trinajstić information content (AvgIpc) is 2.85. The second kappa shape index (κ2) is 5.43. The zero-order valence-electron chi connectivity index (χ0n) is 10.4. The Balaban J connectivity index is 2.43. The monoisotopic (exact) mass is 295 g/mol. The summed E-state index contributed by atoms with van der Waals surface area (Å²) in [4.78, 5) is 17.4. The Morgan fingerprint density at radius 1 is 1.35 bits per heavy atom. The van der Waals surface area contributed by atoms with Gasteiger partial charge in [0.05, 0.1) is 17.9 Å². The molecular formula is C12H13N3O4S. The maximum absolute atomic E-state index is 11.3. The number of H-pyrrole nitrogens is 1. The van der Waals surface area contributed by atoms with Crippen LogP contribution < -0.4 is 5.14 Å². The smallest absolute Gasteiger partial charge is 0.353 e. The number of aromatic amines is 1. The van der Waals surface area contributed by atoms with Gasteiger partial charge in [-0.1, -0.05) is 30.3 Å². The number of hydrogen-bond donors (Lipinski definition) is 3. The van der Waals surface area contributed by atoms with Crippen molar-refractivity contribution in [3.8, 4) is 0 Å². The third-order valence-electron chi connectivity index (χ3n) is 2.76. The van der Waals surface area contributed by atoms with Crippen LogP contribution in [0.1, 0.15) is 27.8 Å². The Morgan fingerprint density at radius 3 is 2.50 bits per heavy atom. The van der Waals surface area contributed by atoms with E-state index in [1.807, 2.05) is 0 Å². The third kappa shape index (κ3) is 3.43. The molecule has 0 bridgehead atoms. The molecular weight excluding hydrogens is 282 g/mol. The minimum absolute atomic E-state index is 0.102. The number of aromatic nitrogens is 2. The quantitative estimate of drug-likeness (QED) is 0.741. The number of nitrogens with zero attached hydrogens (tertiary/aromatic N) is 1. The van der Waals surface area contributed by atoms with Crippen LogP contribution in [0.15, 0.2) is 36.5 Å². The molecule has 1 aromatic heterocycles. The van der Waals surface area contributed by atoms with Crippen molar-refractivity contribution in [3.63, 3.8) is 0 Å². The minimum Gasteiger partial charge on any atom is -0.477 e. The number of imidazole rings is 1. The molecule has 8 heteroatoms. The number of carbonyl (C=O) groups is 1. The average molecular weight is 295 g/mol. The fourth-order valence-electron chi connectivity index (χ4n) is 1.87. The number of aromatic carboxylic acids is 1. The molecule has 0 spiro atoms. The highest BCUT2D eigenvalue weighted by molar-refractivity contribution is 7.89. The molecule has 2 rings (SSSR count). The lowest BCUT2D eigenvalue weighted by Gasteiger charge is -2.13. The van der Waals surface area contributed by atoms with Crippen LogP contribution in [-0.4, -0.2) is 35.2 Å². The van der Waals surface area contributed by atoms with E-state index in [4.69, 9.17) is 10.2 Å². The van der Waals surface area contributed by atoms with Gasteiger partial charge in [0, 0.05) is 0 Å². The summed E-state index contributed by atoms with van der Waals surface area (Å²) in [6.45, 7) is 0. The molecule has 20 heavy (non-hydrogen) atoms. The molecule has 2 aromatic rings. The van der Waals surface area contributed by atoms with E-state index in [1.54, 1.807) is 30.3 Å². The van der Waals surface area contributed by atoms with Crippen LogP contribution in [-0.2, 0) is 10.0 Å². The highest BCUT2D eigenvalue weighted by atomic mass is 32.2. The molecule has 0 aliphatic heterocycles. The molecule has 1 unspecified atom stereocenters. The molecule has 106 valence electrons. The van der Waals surface area contributed by atoms with E-state index in [1.165, 1.54) is 0 Å². The SMILES string of the molecule is NS(=O)(=O)CC(c1ccccc1)c1ncc(C(=O)O)[nH]1. The molecule has 0 saturated carbocycles. The van der Waals surface area contributed by atoms with Crippen molar-refractivity contribution in [2.24, 2.45) is 5.14 Å². The zero-order chi connectivity index (χ0) is 14.8. The maximum Gasteiger partial charge on any atom is 0.353 e. The lowest BCUT2D eigenvalue weighted by Crippen LogP contribution is -2.23. The molecule has 1 atom stereocenters. The number of sulfonamides is 1. The lowest BCUT2D eigenvalue weighted by atomic mass is 10.0. The normalized spacial score (nSPS) is 13.1. The molecule has 0 aliphatic carbocycles. The first-order valence-electron chi connectivity index (χ1n) is 5.70. The van der Waals surface area contributed by atoms with Gasteiger partial charge in [0.15, 0.2) is 0 Å². The fraction of sp³-hybridized carbons (Fsp3) is 0.167. The summed E-state index contributed by atoms with van der Waals surface area (Å²) in [5, 5.41) is 14.0. The van der Waals surface area contributed by atoms with E-state index in [9.17, 15) is 13.2 Å². The second-order valence-electron chi connectivity index (χ2n) is 4.28. The van der Waals surface area contributed by atoms with Gasteiger partial charge in [-0.3, -0.25) is 0 Å². The van der Waals surface area contributed by atoms with E-state index in [0.717, 1.165) is 6.20 Å². The number of carboxylic acid groups (broad SMARTS) is 1. The molecule has 0 fully saturated rings. The number of hydrogen-bond acceptors (Lipinski definition) is 4. The molecule has 7 nitrogen and oxygen atoms in total. The topological polar surface area (TPSA) is 126 Å². The van der Waals surface area contributed by atoms with E-state index in [-0.39, 0.29) is 17.3 Å². The molecule has 0 amide bonds. The molecule has 0 radical (unpaired) electrons. The summed E-state index contributed by atoms with van der Waals surface area (Å²) >= 11 is 0. The van der Waals surface area contributed by atoms with E-state index < -0.39 is 21.9 Å². The van der Waals surface area contributed by atoms with Gasteiger partial charge in [-0.05, 0) is 5.56 Å². The van der Waals surface area contributed by atoms with E-state index in [2.05, 4.69) is 9.97 Å². The largest absolute Gasteiger partial charge is 0.477 e. The maximum atomic E-state index is 11.3. The van der Waals surface area contributed by atoms with Crippen LogP contribution in [0.25, 0.3) is 0 Å². The highest BCUT2D eigenvalue weighted by Crippen LogP contribution is 2.23. The number of rotatable bonds is 5. The van der Waals surface area contributed by atoms with Crippen LogP contribution in [0, 0.1) is 0 Å². The first-order chi connectivity index (χ1) is 9.37. The molecule has 0 aliphatic rings. The standard InChI is InChI=1S/C12H13N3O4S/c13-20(18,19)7-9(8-4-2-1-3-5-8)11-14-6-10(15-11)12(16)17/h1-6,9H,7H2,(H,14,15)(H,16,17)(H2,13,18,19). The first kappa shape index (κ1) is 14.2. The molecule has 4 N–H and O–H groups in total. The second-order valence-corrected chi connectivity index (χ2v) is 5.94. The van der Waals surface area contributed by atoms with Crippen LogP contribution in [0.5, 0.6) is 0 Å². The third-order valence-corrected chi connectivity index (χ3v) is 3.55. The Hall–Kier alpha value is -2.19. The van der Waals surface area contributed by atoms with Gasteiger partial charge < -0.3 is 10.1 Å². The van der Waals surface area contributed by atoms with Gasteiger partial charge >= 0.3 is 5.97 Å². The zero-order valence-corrected chi connectivity index (χ0v) is 11.2. The first-order valence-corrected chi connectivity index (χ1v) is 7.42. The van der Waals surface area contributed by atoms with Gasteiger partial charge in [0.2, 0.25) is 10.0 Å². The van der Waals surface area contributed by atoms with Crippen LogP contribution in [0.2, 0.25) is 0 Å². The van der Waals surface area contributed by atoms with Crippen molar-refractivity contribution in [1.29, 1.82) is 0 Å². The van der Waals surface area contributed by atoms with E-state index >= 15 is 0 Å². The number of carboxylic acids is 1. The van der Waals surface area contributed by atoms with Crippen molar-refractivity contribution in [3.05, 3.63) is 53.6 Å². The summed E-state index contributed by atoms with van der Waals surface area (Å²) in [6, 6.07) is 8.78. The summed E-state index contributed by atoms with van der Waals surface area (Å²) in [5.74, 6) is -1.91. The molecule has 1 aromatic carbocycles. The number of nitrogens with one attached hydrogen (secondary N) is 1. The predicted molar refractivity (Wildman–Crippen MR) is 71.8 cm³/mol. The Kier molecular flexibility index (Phi) is 3.86. The van der Waals surface area contributed by atoms with Crippen molar-refractivity contribution < 1.29 is 18.3 Å². The van der Waals surface area contributed by atoms with Gasteiger partial charge in [-0.2, -0.15) is 0 Å². The van der Waals surface area contributed by atoms with Crippen LogP contribution in [0.4, 0.5) is 0 Å². The summed E-state index contributed by atoms with van der Waals surface area (Å²) in [6.07, 6.45) is 1.15. The summed E-state index contributed by atoms with van der Waals surface area (Å²) in [5.41, 5.74) is 0.586. The van der Waals surface area contributed by atoms with Gasteiger partial charge in [-0.15, -0.1) is 0 Å². The fourth-order valence-corrected chi connectivity index (χ4v) is 2.69. The minimum atomic E-state index is -3.74. The molecule has 0 saturated heterocycles. The van der Waals surface area contributed by atoms with Gasteiger partial charge in [-0.25, -0.2) is 23.3 Å². The van der Waals surface area contributed by atoms with Crippen molar-refractivity contribution >= 4 is 16.0 Å². The van der Waals surface area contributed by atoms with Crippen molar-refractivity contribution in [1.82, 2.24) is 9.97 Å². The van der Waals surface area contributed by atoms with Crippen molar-refractivity contribution in [2.75, 3.05) is 5.75 Å². The number of primary sulfonamides is 1. The Morgan fingerprint density at radius 2 is 2.00 bits per heavy atom. The predicted octanol–water partition coefficient (Wildman–Crippen LogP) is 0.528. The number of nitrogens with two attached hydrogens (primary N) is 1. The Bertz CT molecular complexity index is 709. The van der Waals surface area contributed by atoms with E-state index in [0.29, 0.717) is 5.56 Å². The lowest BCUT2D eigenvalue weighted by molar-refractivity contribution is 0.0691. The van der Waals surface area contributed by atoms with Gasteiger partial charge in [0.1, 0.15) is 11.5 Å². The highest BCUT2D eigenvalue weighted by Gasteiger charge is 2.23.